The van der Waals surface area contributed by atoms with Gasteiger partial charge < -0.3 is 34.6 Å². The number of phenols is 2. The highest BCUT2D eigenvalue weighted by Gasteiger charge is 2.49. The minimum absolute atomic E-state index is 0.00432. The molecule has 3 atom stereocenters. The smallest absolute Gasteiger partial charge is 0.202 e. The molecule has 5 rings (SSSR count). The number of benzene rings is 2. The number of aromatic hydroxyl groups is 2. The summed E-state index contributed by atoms with van der Waals surface area (Å²) < 4.78 is 16.9. The summed E-state index contributed by atoms with van der Waals surface area (Å²) in [5.74, 6) is -3.41. The highest BCUT2D eigenvalue weighted by molar-refractivity contribution is 6.31. The lowest BCUT2D eigenvalue weighted by Crippen LogP contribution is -2.48. The van der Waals surface area contributed by atoms with Gasteiger partial charge in [0.25, 0.3) is 0 Å². The maximum absolute atomic E-state index is 13.6. The maximum Gasteiger partial charge on any atom is 0.202 e. The van der Waals surface area contributed by atoms with Crippen molar-refractivity contribution in [1.29, 1.82) is 0 Å². The summed E-state index contributed by atoms with van der Waals surface area (Å²) in [5.41, 5.74) is -3.12. The number of carbonyl (C=O) groups excluding carboxylic acids is 3. The molecule has 1 heterocycles. The van der Waals surface area contributed by atoms with Crippen LogP contribution in [0.25, 0.3) is 0 Å². The van der Waals surface area contributed by atoms with Gasteiger partial charge in [0.2, 0.25) is 5.78 Å². The highest BCUT2D eigenvalue weighted by Crippen LogP contribution is 2.52. The number of carbonyl (C=O) groups is 3. The van der Waals surface area contributed by atoms with Crippen LogP contribution < -0.4 is 4.74 Å². The standard InChI is InChI=1S/C26H26O10/c1-34-14-6-4-5-12-18(14)24(31)21-20(22(12)29)23(30)13-9-26(33,16(28)11-27)10-15(19(13)25(21)32)36-17-7-2-3-8-35-17/h4-6,15,17,27,30,32-33H,2-3,7-11H2,1H3/t15-,17?,26-/m0/s1. The van der Waals surface area contributed by atoms with E-state index in [4.69, 9.17) is 14.2 Å². The zero-order valence-electron chi connectivity index (χ0n) is 19.6. The molecule has 0 amide bonds. The van der Waals surface area contributed by atoms with Gasteiger partial charge in [0.15, 0.2) is 17.9 Å². The summed E-state index contributed by atoms with van der Waals surface area (Å²) in [6.07, 6.45) is -0.549. The van der Waals surface area contributed by atoms with Crippen molar-refractivity contribution in [2.75, 3.05) is 20.3 Å². The Morgan fingerprint density at radius 2 is 1.86 bits per heavy atom. The van der Waals surface area contributed by atoms with Crippen molar-refractivity contribution in [3.63, 3.8) is 0 Å². The lowest BCUT2D eigenvalue weighted by atomic mass is 9.72. The zero-order chi connectivity index (χ0) is 25.8. The summed E-state index contributed by atoms with van der Waals surface area (Å²) >= 11 is 0. The maximum atomic E-state index is 13.6. The molecule has 10 nitrogen and oxygen atoms in total. The van der Waals surface area contributed by atoms with Crippen LogP contribution in [0.15, 0.2) is 18.2 Å². The molecule has 0 aromatic heterocycles. The average Bonchev–Trinajstić information content (AvgIpc) is 2.88. The van der Waals surface area contributed by atoms with Crippen molar-refractivity contribution in [3.8, 4) is 17.2 Å². The molecule has 2 aromatic rings. The van der Waals surface area contributed by atoms with E-state index in [9.17, 15) is 34.8 Å². The second-order valence-corrected chi connectivity index (χ2v) is 9.30. The van der Waals surface area contributed by atoms with Gasteiger partial charge in [-0.3, -0.25) is 14.4 Å². The van der Waals surface area contributed by atoms with Crippen LogP contribution in [0.4, 0.5) is 0 Å². The van der Waals surface area contributed by atoms with Gasteiger partial charge in [0, 0.05) is 36.1 Å². The summed E-state index contributed by atoms with van der Waals surface area (Å²) in [6.45, 7) is -0.518. The van der Waals surface area contributed by atoms with Gasteiger partial charge in [-0.15, -0.1) is 0 Å². The molecular weight excluding hydrogens is 472 g/mol. The van der Waals surface area contributed by atoms with E-state index >= 15 is 0 Å². The Balaban J connectivity index is 1.72. The number of fused-ring (bicyclic) bond motifs is 3. The molecule has 0 bridgehead atoms. The molecule has 4 N–H and O–H groups in total. The van der Waals surface area contributed by atoms with E-state index in [2.05, 4.69) is 0 Å². The van der Waals surface area contributed by atoms with Gasteiger partial charge in [0.05, 0.1) is 29.9 Å². The Hall–Kier alpha value is -3.31. The van der Waals surface area contributed by atoms with Gasteiger partial charge in [-0.1, -0.05) is 12.1 Å². The number of methoxy groups -OCH3 is 1. The number of aliphatic hydroxyl groups is 2. The third kappa shape index (κ3) is 3.60. The van der Waals surface area contributed by atoms with Gasteiger partial charge in [0.1, 0.15) is 29.5 Å². The van der Waals surface area contributed by atoms with E-state index in [-0.39, 0.29) is 34.4 Å². The number of phenolic OH excluding ortho intramolecular Hbond substituents is 2. The predicted molar refractivity (Wildman–Crippen MR) is 122 cm³/mol. The molecule has 0 radical (unpaired) electrons. The lowest BCUT2D eigenvalue weighted by molar-refractivity contribution is -0.204. The first-order valence-corrected chi connectivity index (χ1v) is 11.7. The van der Waals surface area contributed by atoms with Crippen LogP contribution in [-0.4, -0.2) is 70.0 Å². The lowest BCUT2D eigenvalue weighted by Gasteiger charge is -2.40. The van der Waals surface area contributed by atoms with Crippen LogP contribution in [0.5, 0.6) is 17.2 Å². The van der Waals surface area contributed by atoms with Crippen LogP contribution in [0, 0.1) is 0 Å². The first-order valence-electron chi connectivity index (χ1n) is 11.7. The fourth-order valence-electron chi connectivity index (χ4n) is 5.40. The molecule has 2 aliphatic carbocycles. The van der Waals surface area contributed by atoms with Crippen LogP contribution >= 0.6 is 0 Å². The number of ether oxygens (including phenoxy) is 3. The molecule has 1 aliphatic heterocycles. The molecule has 190 valence electrons. The van der Waals surface area contributed by atoms with Gasteiger partial charge in [-0.05, 0) is 25.3 Å². The number of aliphatic hydroxyl groups excluding tert-OH is 1. The third-order valence-corrected chi connectivity index (χ3v) is 7.19. The summed E-state index contributed by atoms with van der Waals surface area (Å²) in [5, 5.41) is 43.3. The predicted octanol–water partition coefficient (Wildman–Crippen LogP) is 1.70. The van der Waals surface area contributed by atoms with Gasteiger partial charge in [-0.2, -0.15) is 0 Å². The molecule has 3 aliphatic rings. The number of hydrogen-bond donors (Lipinski definition) is 4. The van der Waals surface area contributed by atoms with Gasteiger partial charge >= 0.3 is 0 Å². The largest absolute Gasteiger partial charge is 0.507 e. The Bertz CT molecular complexity index is 1280. The topological polar surface area (TPSA) is 160 Å². The van der Waals surface area contributed by atoms with Crippen molar-refractivity contribution in [3.05, 3.63) is 51.6 Å². The van der Waals surface area contributed by atoms with E-state index in [1.54, 1.807) is 0 Å². The number of rotatable bonds is 5. The van der Waals surface area contributed by atoms with E-state index in [1.165, 1.54) is 25.3 Å². The van der Waals surface area contributed by atoms with Crippen molar-refractivity contribution in [2.45, 2.75) is 50.1 Å². The monoisotopic (exact) mass is 498 g/mol. The number of ketones is 3. The molecule has 1 fully saturated rings. The molecule has 2 aromatic carbocycles. The van der Waals surface area contributed by atoms with Crippen LogP contribution in [-0.2, 0) is 20.7 Å². The minimum Gasteiger partial charge on any atom is -0.507 e. The first kappa shape index (κ1) is 24.4. The van der Waals surface area contributed by atoms with Crippen molar-refractivity contribution < 1.29 is 49.0 Å². The normalized spacial score (nSPS) is 25.1. The summed E-state index contributed by atoms with van der Waals surface area (Å²) in [4.78, 5) is 39.5. The summed E-state index contributed by atoms with van der Waals surface area (Å²) in [6, 6.07) is 4.45. The van der Waals surface area contributed by atoms with Crippen LogP contribution in [0.1, 0.15) is 74.8 Å². The Labute approximate surface area is 206 Å². The number of hydrogen-bond acceptors (Lipinski definition) is 10. The molecule has 36 heavy (non-hydrogen) atoms. The zero-order valence-corrected chi connectivity index (χ0v) is 19.6. The second-order valence-electron chi connectivity index (χ2n) is 9.30. The second kappa shape index (κ2) is 8.97. The molecule has 0 saturated carbocycles. The van der Waals surface area contributed by atoms with Gasteiger partial charge in [-0.25, -0.2) is 0 Å². The first-order chi connectivity index (χ1) is 17.2. The minimum atomic E-state index is -2.14. The molecular formula is C26H26O10. The Morgan fingerprint density at radius 1 is 1.11 bits per heavy atom. The van der Waals surface area contributed by atoms with E-state index in [1.807, 2.05) is 0 Å². The quantitative estimate of drug-likeness (QED) is 0.381. The highest BCUT2D eigenvalue weighted by atomic mass is 16.7. The average molecular weight is 498 g/mol. The third-order valence-electron chi connectivity index (χ3n) is 7.19. The molecule has 0 spiro atoms. The van der Waals surface area contributed by atoms with E-state index in [0.717, 1.165) is 12.8 Å². The Morgan fingerprint density at radius 3 is 2.53 bits per heavy atom. The van der Waals surface area contributed by atoms with Crippen LogP contribution in [0.2, 0.25) is 0 Å². The van der Waals surface area contributed by atoms with Crippen molar-refractivity contribution >= 4 is 17.3 Å². The van der Waals surface area contributed by atoms with Crippen LogP contribution in [0.3, 0.4) is 0 Å². The SMILES string of the molecule is COc1cccc2c1C(=O)c1c(O)c3c(c(O)c1C2=O)C[C@@](O)(C(=O)CO)C[C@@H]3OC1CCCCO1. The molecule has 10 heteroatoms. The van der Waals surface area contributed by atoms with Crippen molar-refractivity contribution in [1.82, 2.24) is 0 Å². The fraction of sp³-hybridized carbons (Fsp3) is 0.423. The summed E-state index contributed by atoms with van der Waals surface area (Å²) in [7, 11) is 1.35. The van der Waals surface area contributed by atoms with Crippen molar-refractivity contribution in [2.24, 2.45) is 0 Å². The number of Topliss-reactive ketones (excluding diaryl/α,β-unsaturated/α-hetero) is 1. The molecule has 1 unspecified atom stereocenters. The fourth-order valence-corrected chi connectivity index (χ4v) is 5.40. The Kier molecular flexibility index (Phi) is 6.08. The van der Waals surface area contributed by atoms with E-state index in [0.29, 0.717) is 13.0 Å². The molecule has 1 saturated heterocycles. The van der Waals surface area contributed by atoms with E-state index < -0.39 is 71.0 Å².